The first-order valence-electron chi connectivity index (χ1n) is 4.65. The zero-order valence-electron chi connectivity index (χ0n) is 7.09. The van der Waals surface area contributed by atoms with E-state index in [1.165, 1.54) is 0 Å². The molecule has 0 radical (unpaired) electrons. The van der Waals surface area contributed by atoms with Crippen LogP contribution >= 0.6 is 0 Å². The predicted octanol–water partition coefficient (Wildman–Crippen LogP) is -0.0717. The maximum atomic E-state index is 13.4. The molecule has 0 aromatic heterocycles. The van der Waals surface area contributed by atoms with E-state index in [-0.39, 0.29) is 12.1 Å². The smallest absolute Gasteiger partial charge is 0.107 e. The van der Waals surface area contributed by atoms with Crippen LogP contribution in [0.1, 0.15) is 19.3 Å². The number of fused-ring (bicyclic) bond motifs is 1. The fraction of sp³-hybridized carbons (Fsp3) is 1.00. The molecule has 70 valence electrons. The lowest BCUT2D eigenvalue weighted by atomic mass is 9.80. The maximum absolute atomic E-state index is 13.4. The van der Waals surface area contributed by atoms with Crippen molar-refractivity contribution in [1.29, 1.82) is 0 Å². The van der Waals surface area contributed by atoms with Gasteiger partial charge in [0.05, 0.1) is 6.17 Å². The summed E-state index contributed by atoms with van der Waals surface area (Å²) in [5.74, 6) is -0.0208. The second kappa shape index (κ2) is 3.28. The molecule has 0 aromatic rings. The second-order valence-corrected chi connectivity index (χ2v) is 3.74. The molecule has 2 rings (SSSR count). The fourth-order valence-electron chi connectivity index (χ4n) is 2.33. The maximum Gasteiger partial charge on any atom is 0.107 e. The van der Waals surface area contributed by atoms with Crippen LogP contribution in [0.4, 0.5) is 4.39 Å². The minimum Gasteiger partial charge on any atom is -0.315 e. The van der Waals surface area contributed by atoms with E-state index >= 15 is 0 Å². The summed E-state index contributed by atoms with van der Waals surface area (Å²) in [5.41, 5.74) is 5.79. The third kappa shape index (κ3) is 1.34. The lowest BCUT2D eigenvalue weighted by molar-refractivity contribution is 0.0695. The number of hydrogen-bond acceptors (Lipinski definition) is 3. The highest BCUT2D eigenvalue weighted by molar-refractivity contribution is 4.94. The number of nitrogens with two attached hydrogens (primary N) is 1. The molecule has 12 heavy (non-hydrogen) atoms. The van der Waals surface area contributed by atoms with Crippen molar-refractivity contribution in [1.82, 2.24) is 10.6 Å². The van der Waals surface area contributed by atoms with Crippen LogP contribution in [-0.2, 0) is 0 Å². The largest absolute Gasteiger partial charge is 0.315 e. The van der Waals surface area contributed by atoms with Gasteiger partial charge in [-0.2, -0.15) is 0 Å². The molecule has 1 aliphatic carbocycles. The number of halogens is 1. The molecule has 4 unspecified atom stereocenters. The van der Waals surface area contributed by atoms with Crippen LogP contribution in [0.2, 0.25) is 0 Å². The number of alkyl halides is 1. The van der Waals surface area contributed by atoms with Crippen LogP contribution in [0, 0.1) is 5.92 Å². The summed E-state index contributed by atoms with van der Waals surface area (Å²) in [4.78, 5) is 0. The zero-order valence-corrected chi connectivity index (χ0v) is 7.09. The molecule has 4 atom stereocenters. The number of hydrogen-bond donors (Lipinski definition) is 3. The van der Waals surface area contributed by atoms with Gasteiger partial charge in [0.15, 0.2) is 0 Å². The van der Waals surface area contributed by atoms with Gasteiger partial charge < -0.3 is 11.1 Å². The van der Waals surface area contributed by atoms with Gasteiger partial charge in [0.2, 0.25) is 0 Å². The predicted molar refractivity (Wildman–Crippen MR) is 45.1 cm³/mol. The molecule has 1 heterocycles. The van der Waals surface area contributed by atoms with Crippen molar-refractivity contribution in [3.05, 3.63) is 0 Å². The molecule has 3 nitrogen and oxygen atoms in total. The van der Waals surface area contributed by atoms with Crippen LogP contribution in [-0.4, -0.2) is 25.0 Å². The molecule has 0 aromatic carbocycles. The number of nitrogens with one attached hydrogen (secondary N) is 2. The SMILES string of the molecule is NC1NCNC2CCCC(F)C12. The Bertz CT molecular complexity index is 148. The average Bonchev–Trinajstić information content (AvgIpc) is 2.04. The lowest BCUT2D eigenvalue weighted by Gasteiger charge is -2.42. The summed E-state index contributed by atoms with van der Waals surface area (Å²) in [7, 11) is 0. The molecule has 0 bridgehead atoms. The molecule has 1 saturated carbocycles. The zero-order chi connectivity index (χ0) is 8.55. The topological polar surface area (TPSA) is 50.1 Å². The van der Waals surface area contributed by atoms with Crippen molar-refractivity contribution < 1.29 is 4.39 Å². The van der Waals surface area contributed by atoms with Gasteiger partial charge in [0.25, 0.3) is 0 Å². The van der Waals surface area contributed by atoms with Gasteiger partial charge in [-0.05, 0) is 19.3 Å². The van der Waals surface area contributed by atoms with Crippen LogP contribution < -0.4 is 16.4 Å². The van der Waals surface area contributed by atoms with Gasteiger partial charge in [-0.15, -0.1) is 0 Å². The summed E-state index contributed by atoms with van der Waals surface area (Å²) >= 11 is 0. The highest BCUT2D eigenvalue weighted by Crippen LogP contribution is 2.29. The fourth-order valence-corrected chi connectivity index (χ4v) is 2.33. The van der Waals surface area contributed by atoms with Crippen LogP contribution in [0.5, 0.6) is 0 Å². The quantitative estimate of drug-likeness (QED) is 0.480. The van der Waals surface area contributed by atoms with E-state index in [4.69, 9.17) is 5.73 Å². The van der Waals surface area contributed by atoms with E-state index in [1.54, 1.807) is 0 Å². The van der Waals surface area contributed by atoms with E-state index in [0.717, 1.165) is 19.5 Å². The first-order valence-corrected chi connectivity index (χ1v) is 4.65. The molecule has 4 N–H and O–H groups in total. The molecule has 2 aliphatic rings. The third-order valence-corrected chi connectivity index (χ3v) is 2.99. The summed E-state index contributed by atoms with van der Waals surface area (Å²) in [5, 5.41) is 6.29. The van der Waals surface area contributed by atoms with Crippen molar-refractivity contribution in [3.8, 4) is 0 Å². The summed E-state index contributed by atoms with van der Waals surface area (Å²) in [6.45, 7) is 0.717. The molecular formula is C8H16FN3. The molecule has 1 saturated heterocycles. The van der Waals surface area contributed by atoms with E-state index in [1.807, 2.05) is 0 Å². The Hall–Kier alpha value is -0.190. The van der Waals surface area contributed by atoms with Crippen molar-refractivity contribution in [2.24, 2.45) is 11.7 Å². The van der Waals surface area contributed by atoms with Crippen molar-refractivity contribution in [2.45, 2.75) is 37.6 Å². The molecule has 0 spiro atoms. The Morgan fingerprint density at radius 2 is 2.08 bits per heavy atom. The summed E-state index contributed by atoms with van der Waals surface area (Å²) in [6.07, 6.45) is 1.85. The van der Waals surface area contributed by atoms with Crippen LogP contribution in [0.15, 0.2) is 0 Å². The summed E-state index contributed by atoms with van der Waals surface area (Å²) < 4.78 is 13.4. The Balaban J connectivity index is 2.07. The minimum absolute atomic E-state index is 0.0208. The number of rotatable bonds is 0. The highest BCUT2D eigenvalue weighted by atomic mass is 19.1. The van der Waals surface area contributed by atoms with Crippen molar-refractivity contribution in [2.75, 3.05) is 6.67 Å². The van der Waals surface area contributed by atoms with Gasteiger partial charge in [-0.1, -0.05) is 0 Å². The van der Waals surface area contributed by atoms with Crippen molar-refractivity contribution in [3.63, 3.8) is 0 Å². The third-order valence-electron chi connectivity index (χ3n) is 2.99. The van der Waals surface area contributed by atoms with Gasteiger partial charge >= 0.3 is 0 Å². The van der Waals surface area contributed by atoms with Gasteiger partial charge in [-0.3, -0.25) is 5.32 Å². The highest BCUT2D eigenvalue weighted by Gasteiger charge is 2.39. The first-order chi connectivity index (χ1) is 5.79. The van der Waals surface area contributed by atoms with Gasteiger partial charge in [0, 0.05) is 18.6 Å². The lowest BCUT2D eigenvalue weighted by Crippen LogP contribution is -2.64. The monoisotopic (exact) mass is 173 g/mol. The molecule has 1 aliphatic heterocycles. The Morgan fingerprint density at radius 3 is 2.83 bits per heavy atom. The van der Waals surface area contributed by atoms with Gasteiger partial charge in [0.1, 0.15) is 6.17 Å². The first kappa shape index (κ1) is 8.41. The Labute approximate surface area is 71.9 Å². The average molecular weight is 173 g/mol. The van der Waals surface area contributed by atoms with Crippen molar-refractivity contribution >= 4 is 0 Å². The normalized spacial score (nSPS) is 48.5. The standard InChI is InChI=1S/C8H16FN3/c9-5-2-1-3-6-7(5)8(10)12-4-11-6/h5-8,11-12H,1-4,10H2. The molecule has 4 heteroatoms. The molecular weight excluding hydrogens is 157 g/mol. The Morgan fingerprint density at radius 1 is 1.25 bits per heavy atom. The Kier molecular flexibility index (Phi) is 2.30. The van der Waals surface area contributed by atoms with E-state index in [2.05, 4.69) is 10.6 Å². The summed E-state index contributed by atoms with van der Waals surface area (Å²) in [6, 6.07) is 0.296. The molecule has 0 amide bonds. The molecule has 2 fully saturated rings. The van der Waals surface area contributed by atoms with Crippen LogP contribution in [0.25, 0.3) is 0 Å². The van der Waals surface area contributed by atoms with E-state index in [9.17, 15) is 4.39 Å². The van der Waals surface area contributed by atoms with E-state index < -0.39 is 6.17 Å². The van der Waals surface area contributed by atoms with Crippen LogP contribution in [0.3, 0.4) is 0 Å². The second-order valence-electron chi connectivity index (χ2n) is 3.74. The van der Waals surface area contributed by atoms with Gasteiger partial charge in [-0.25, -0.2) is 4.39 Å². The minimum atomic E-state index is -0.723. The van der Waals surface area contributed by atoms with E-state index in [0.29, 0.717) is 12.5 Å².